The molecule has 1 aromatic heterocycles. The molecule has 0 aliphatic rings. The fraction of sp³-hybridized carbons (Fsp3) is 0.217. The van der Waals surface area contributed by atoms with E-state index in [9.17, 15) is 13.6 Å². The number of carbonyl (C=O) groups is 1. The minimum atomic E-state index is -2.97. The minimum absolute atomic E-state index is 0.0258. The Morgan fingerprint density at radius 2 is 1.84 bits per heavy atom. The SMILES string of the molecule is CCOC(=O)c1c(NC(=S)Nc2ccc(C)cc2OC(F)F)sc(C)c1-c1ccccc1. The molecule has 0 spiro atoms. The topological polar surface area (TPSA) is 59.6 Å². The third-order valence-electron chi connectivity index (χ3n) is 4.45. The van der Waals surface area contributed by atoms with Crippen LogP contribution in [0.25, 0.3) is 11.1 Å². The molecule has 168 valence electrons. The average Bonchev–Trinajstić information content (AvgIpc) is 3.06. The van der Waals surface area contributed by atoms with Crippen LogP contribution in [0.1, 0.15) is 27.7 Å². The number of benzene rings is 2. The molecule has 0 amide bonds. The number of thiophene rings is 1. The van der Waals surface area contributed by atoms with Crippen molar-refractivity contribution in [3.63, 3.8) is 0 Å². The van der Waals surface area contributed by atoms with Crippen molar-refractivity contribution >= 4 is 45.3 Å². The van der Waals surface area contributed by atoms with Crippen molar-refractivity contribution in [3.05, 3.63) is 64.5 Å². The number of rotatable bonds is 7. The molecule has 2 aromatic carbocycles. The first-order valence-corrected chi connectivity index (χ1v) is 11.0. The highest BCUT2D eigenvalue weighted by Crippen LogP contribution is 2.40. The summed E-state index contributed by atoms with van der Waals surface area (Å²) in [5.74, 6) is -0.500. The zero-order valence-electron chi connectivity index (χ0n) is 17.7. The number of hydrogen-bond donors (Lipinski definition) is 2. The second-order valence-corrected chi connectivity index (χ2v) is 8.41. The molecule has 9 heteroatoms. The number of hydrogen-bond acceptors (Lipinski definition) is 5. The van der Waals surface area contributed by atoms with E-state index in [2.05, 4.69) is 15.4 Å². The highest BCUT2D eigenvalue weighted by molar-refractivity contribution is 7.80. The number of thiocarbonyl (C=S) groups is 1. The third-order valence-corrected chi connectivity index (χ3v) is 5.68. The Morgan fingerprint density at radius 1 is 1.12 bits per heavy atom. The van der Waals surface area contributed by atoms with Crippen molar-refractivity contribution in [1.29, 1.82) is 0 Å². The Balaban J connectivity index is 1.92. The van der Waals surface area contributed by atoms with Gasteiger partial charge in [-0.3, -0.25) is 0 Å². The van der Waals surface area contributed by atoms with E-state index in [4.69, 9.17) is 17.0 Å². The molecule has 0 unspecified atom stereocenters. The fourth-order valence-electron chi connectivity index (χ4n) is 3.17. The van der Waals surface area contributed by atoms with Crippen LogP contribution in [0.3, 0.4) is 0 Å². The number of halogens is 2. The minimum Gasteiger partial charge on any atom is -0.462 e. The van der Waals surface area contributed by atoms with Crippen LogP contribution in [0.15, 0.2) is 48.5 Å². The lowest BCUT2D eigenvalue weighted by Gasteiger charge is -2.15. The van der Waals surface area contributed by atoms with Crippen molar-refractivity contribution in [2.24, 2.45) is 0 Å². The molecule has 0 radical (unpaired) electrons. The summed E-state index contributed by atoms with van der Waals surface area (Å²) in [6.07, 6.45) is 0. The monoisotopic (exact) mass is 476 g/mol. The van der Waals surface area contributed by atoms with E-state index in [1.54, 1.807) is 26.0 Å². The number of aryl methyl sites for hydroxylation is 2. The van der Waals surface area contributed by atoms with E-state index >= 15 is 0 Å². The van der Waals surface area contributed by atoms with Crippen LogP contribution in [-0.4, -0.2) is 24.3 Å². The van der Waals surface area contributed by atoms with E-state index in [0.717, 1.165) is 21.6 Å². The van der Waals surface area contributed by atoms with Crippen molar-refractivity contribution in [1.82, 2.24) is 0 Å². The van der Waals surface area contributed by atoms with Gasteiger partial charge in [0.1, 0.15) is 16.3 Å². The summed E-state index contributed by atoms with van der Waals surface area (Å²) in [6, 6.07) is 14.3. The molecule has 1 heterocycles. The Hall–Kier alpha value is -3.04. The molecule has 0 saturated heterocycles. The van der Waals surface area contributed by atoms with E-state index < -0.39 is 12.6 Å². The van der Waals surface area contributed by atoms with Crippen molar-refractivity contribution in [3.8, 4) is 16.9 Å². The largest absolute Gasteiger partial charge is 0.462 e. The normalized spacial score (nSPS) is 10.7. The smallest absolute Gasteiger partial charge is 0.387 e. The maximum Gasteiger partial charge on any atom is 0.387 e. The van der Waals surface area contributed by atoms with Crippen molar-refractivity contribution in [2.45, 2.75) is 27.4 Å². The molecule has 0 aliphatic heterocycles. The molecule has 0 aliphatic carbocycles. The van der Waals surface area contributed by atoms with Crippen molar-refractivity contribution in [2.75, 3.05) is 17.2 Å². The molecule has 0 fully saturated rings. The van der Waals surface area contributed by atoms with Crippen molar-refractivity contribution < 1.29 is 23.0 Å². The molecule has 0 atom stereocenters. The number of nitrogens with one attached hydrogen (secondary N) is 2. The zero-order valence-corrected chi connectivity index (χ0v) is 19.3. The fourth-order valence-corrected chi connectivity index (χ4v) is 4.51. The van der Waals surface area contributed by atoms with Gasteiger partial charge in [0.05, 0.1) is 12.3 Å². The lowest BCUT2D eigenvalue weighted by Crippen LogP contribution is -2.21. The third kappa shape index (κ3) is 5.60. The molecule has 0 saturated carbocycles. The number of ether oxygens (including phenoxy) is 2. The zero-order chi connectivity index (χ0) is 23.3. The van der Waals surface area contributed by atoms with Crippen LogP contribution in [0.2, 0.25) is 0 Å². The standard InChI is InChI=1S/C23H22F2N2O3S2/c1-4-29-21(28)19-18(15-8-6-5-7-9-15)14(3)32-20(19)27-23(31)26-16-11-10-13(2)12-17(16)30-22(24)25/h5-12,22H,4H2,1-3H3,(H2,26,27,31). The molecule has 3 aromatic rings. The Labute approximate surface area is 194 Å². The lowest BCUT2D eigenvalue weighted by atomic mass is 10.0. The summed E-state index contributed by atoms with van der Waals surface area (Å²) in [7, 11) is 0. The van der Waals surface area contributed by atoms with Crippen LogP contribution < -0.4 is 15.4 Å². The molecule has 5 nitrogen and oxygen atoms in total. The average molecular weight is 477 g/mol. The summed E-state index contributed by atoms with van der Waals surface area (Å²) >= 11 is 6.75. The highest BCUT2D eigenvalue weighted by Gasteiger charge is 2.25. The molecule has 0 bridgehead atoms. The number of esters is 1. The predicted molar refractivity (Wildman–Crippen MR) is 128 cm³/mol. The van der Waals surface area contributed by atoms with Crippen LogP contribution in [0.4, 0.5) is 19.5 Å². The van der Waals surface area contributed by atoms with Gasteiger partial charge >= 0.3 is 12.6 Å². The van der Waals surface area contributed by atoms with Gasteiger partial charge < -0.3 is 20.1 Å². The van der Waals surface area contributed by atoms with Crippen LogP contribution in [-0.2, 0) is 4.74 Å². The van der Waals surface area contributed by atoms with Gasteiger partial charge in [0.15, 0.2) is 5.11 Å². The molecular formula is C23H22F2N2O3S2. The van der Waals surface area contributed by atoms with Gasteiger partial charge in [-0.05, 0) is 56.2 Å². The summed E-state index contributed by atoms with van der Waals surface area (Å²) in [4.78, 5) is 13.7. The first kappa shape index (κ1) is 23.6. The first-order valence-electron chi connectivity index (χ1n) is 9.79. The van der Waals surface area contributed by atoms with E-state index in [-0.39, 0.29) is 23.2 Å². The van der Waals surface area contributed by atoms with E-state index in [0.29, 0.717) is 10.6 Å². The second kappa shape index (κ2) is 10.5. The van der Waals surface area contributed by atoms with Gasteiger partial charge in [-0.15, -0.1) is 11.3 Å². The van der Waals surface area contributed by atoms with Crippen LogP contribution in [0.5, 0.6) is 5.75 Å². The second-order valence-electron chi connectivity index (χ2n) is 6.78. The van der Waals surface area contributed by atoms with Gasteiger partial charge in [0, 0.05) is 10.4 Å². The van der Waals surface area contributed by atoms with Gasteiger partial charge in [-0.2, -0.15) is 8.78 Å². The maximum atomic E-state index is 12.8. The highest BCUT2D eigenvalue weighted by atomic mass is 32.1. The van der Waals surface area contributed by atoms with Crippen LogP contribution >= 0.6 is 23.6 Å². The van der Waals surface area contributed by atoms with E-state index in [1.165, 1.54) is 17.4 Å². The maximum absolute atomic E-state index is 12.8. The number of alkyl halides is 2. The number of carbonyl (C=O) groups excluding carboxylic acids is 1. The summed E-state index contributed by atoms with van der Waals surface area (Å²) < 4.78 is 35.5. The molecule has 3 rings (SSSR count). The number of anilines is 2. The van der Waals surface area contributed by atoms with E-state index in [1.807, 2.05) is 37.3 Å². The molecule has 32 heavy (non-hydrogen) atoms. The summed E-state index contributed by atoms with van der Waals surface area (Å²) in [5.41, 5.74) is 3.05. The van der Waals surface area contributed by atoms with Gasteiger partial charge in [-0.1, -0.05) is 36.4 Å². The Bertz CT molecular complexity index is 1120. The van der Waals surface area contributed by atoms with Gasteiger partial charge in [0.25, 0.3) is 0 Å². The molecule has 2 N–H and O–H groups in total. The Kier molecular flexibility index (Phi) is 7.76. The summed E-state index contributed by atoms with van der Waals surface area (Å²) in [6.45, 7) is 2.67. The van der Waals surface area contributed by atoms with Crippen LogP contribution in [0, 0.1) is 13.8 Å². The van der Waals surface area contributed by atoms with Gasteiger partial charge in [-0.25, -0.2) is 4.79 Å². The first-order chi connectivity index (χ1) is 15.3. The lowest BCUT2D eigenvalue weighted by molar-refractivity contribution is -0.0493. The molecular weight excluding hydrogens is 454 g/mol. The predicted octanol–water partition coefficient (Wildman–Crippen LogP) is 6.62. The quantitative estimate of drug-likeness (QED) is 0.295. The summed E-state index contributed by atoms with van der Waals surface area (Å²) in [5, 5.41) is 6.52. The van der Waals surface area contributed by atoms with Gasteiger partial charge in [0.2, 0.25) is 0 Å². The Morgan fingerprint density at radius 3 is 2.50 bits per heavy atom.